The van der Waals surface area contributed by atoms with Crippen LogP contribution in [-0.4, -0.2) is 26.9 Å². The van der Waals surface area contributed by atoms with Crippen LogP contribution < -0.4 is 10.6 Å². The Bertz CT molecular complexity index is 416. The largest absolute Gasteiger partial charge is 0.452 e. The van der Waals surface area contributed by atoms with Gasteiger partial charge in [-0.3, -0.25) is 0 Å². The second-order valence-electron chi connectivity index (χ2n) is 3.90. The second-order valence-corrected chi connectivity index (χ2v) is 5.16. The van der Waals surface area contributed by atoms with E-state index >= 15 is 0 Å². The van der Waals surface area contributed by atoms with Crippen LogP contribution in [0.25, 0.3) is 0 Å². The maximum Gasteiger partial charge on any atom is 0.452 e. The number of rotatable bonds is 5. The Morgan fingerprint density at radius 2 is 2.11 bits per heavy atom. The van der Waals surface area contributed by atoms with Gasteiger partial charge in [-0.1, -0.05) is 12.2 Å². The minimum atomic E-state index is -4.51. The molecule has 1 heterocycles. The van der Waals surface area contributed by atoms with E-state index in [9.17, 15) is 13.2 Å². The summed E-state index contributed by atoms with van der Waals surface area (Å²) in [7, 11) is 0. The highest BCUT2D eigenvalue weighted by atomic mass is 32.1. The zero-order chi connectivity index (χ0) is 13.9. The summed E-state index contributed by atoms with van der Waals surface area (Å²) in [5, 5.41) is 0.230. The van der Waals surface area contributed by atoms with Gasteiger partial charge in [0.25, 0.3) is 0 Å². The molecule has 1 rings (SSSR count). The number of thiocarbonyl (C=S) groups is 1. The van der Waals surface area contributed by atoms with Crippen molar-refractivity contribution in [1.29, 1.82) is 0 Å². The third-order valence-electron chi connectivity index (χ3n) is 2.14. The number of anilines is 1. The molecule has 1 aromatic heterocycles. The summed E-state index contributed by atoms with van der Waals surface area (Å²) in [5.74, 6) is -1.11. The highest BCUT2D eigenvalue weighted by Gasteiger charge is 2.36. The van der Waals surface area contributed by atoms with Crippen LogP contribution >= 0.6 is 23.8 Å². The highest BCUT2D eigenvalue weighted by Crippen LogP contribution is 2.30. The first kappa shape index (κ1) is 15.1. The normalized spacial score (nSPS) is 11.9. The van der Waals surface area contributed by atoms with Gasteiger partial charge in [0.05, 0.1) is 4.99 Å². The van der Waals surface area contributed by atoms with Crippen LogP contribution in [0.2, 0.25) is 0 Å². The Morgan fingerprint density at radius 3 is 2.50 bits per heavy atom. The fraction of sp³-hybridized carbons (Fsp3) is 0.667. The lowest BCUT2D eigenvalue weighted by Crippen LogP contribution is -2.33. The summed E-state index contributed by atoms with van der Waals surface area (Å²) >= 11 is 5.48. The number of nitrogens with zero attached hydrogens (tertiary/aromatic N) is 3. The summed E-state index contributed by atoms with van der Waals surface area (Å²) in [6, 6.07) is -0.00613. The molecule has 4 nitrogen and oxygen atoms in total. The summed E-state index contributed by atoms with van der Waals surface area (Å²) in [6.45, 7) is 4.14. The molecule has 9 heteroatoms. The molecule has 0 aliphatic carbocycles. The van der Waals surface area contributed by atoms with E-state index in [0.717, 1.165) is 11.5 Å². The molecule has 0 amide bonds. The van der Waals surface area contributed by atoms with Crippen molar-refractivity contribution in [2.75, 3.05) is 11.4 Å². The molecule has 0 unspecified atom stereocenters. The molecule has 0 aliphatic heterocycles. The Kier molecular flexibility index (Phi) is 4.85. The van der Waals surface area contributed by atoms with E-state index in [2.05, 4.69) is 9.36 Å². The molecule has 2 N–H and O–H groups in total. The van der Waals surface area contributed by atoms with Crippen molar-refractivity contribution in [1.82, 2.24) is 9.36 Å². The number of alkyl halides is 3. The zero-order valence-electron chi connectivity index (χ0n) is 9.86. The first-order valence-corrected chi connectivity index (χ1v) is 6.36. The number of nitrogens with two attached hydrogens (primary N) is 1. The van der Waals surface area contributed by atoms with Gasteiger partial charge in [-0.05, 0) is 13.8 Å². The van der Waals surface area contributed by atoms with Gasteiger partial charge in [0.1, 0.15) is 0 Å². The van der Waals surface area contributed by atoms with Gasteiger partial charge in [0, 0.05) is 30.5 Å². The number of hydrogen-bond donors (Lipinski definition) is 1. The van der Waals surface area contributed by atoms with E-state index in [1.165, 1.54) is 0 Å². The van der Waals surface area contributed by atoms with Gasteiger partial charge in [-0.25, -0.2) is 0 Å². The molecule has 18 heavy (non-hydrogen) atoms. The Morgan fingerprint density at radius 1 is 1.50 bits per heavy atom. The van der Waals surface area contributed by atoms with E-state index in [1.807, 2.05) is 13.8 Å². The third kappa shape index (κ3) is 4.05. The third-order valence-corrected chi connectivity index (χ3v) is 3.09. The molecule has 0 saturated heterocycles. The van der Waals surface area contributed by atoms with Crippen molar-refractivity contribution in [3.8, 4) is 0 Å². The zero-order valence-corrected chi connectivity index (χ0v) is 11.5. The summed E-state index contributed by atoms with van der Waals surface area (Å²) < 4.78 is 40.5. The molecule has 0 aliphatic rings. The number of aromatic nitrogens is 2. The van der Waals surface area contributed by atoms with Gasteiger partial charge >= 0.3 is 6.18 Å². The number of hydrogen-bond acceptors (Lipinski definition) is 5. The van der Waals surface area contributed by atoms with Crippen LogP contribution in [-0.2, 0) is 6.18 Å². The molecule has 0 radical (unpaired) electrons. The van der Waals surface area contributed by atoms with Crippen molar-refractivity contribution in [2.45, 2.75) is 32.5 Å². The van der Waals surface area contributed by atoms with Gasteiger partial charge in [-0.2, -0.15) is 22.5 Å². The molecule has 0 aromatic carbocycles. The predicted octanol–water partition coefficient (Wildman–Crippen LogP) is 2.45. The van der Waals surface area contributed by atoms with E-state index in [0.29, 0.717) is 18.0 Å². The molecule has 102 valence electrons. The van der Waals surface area contributed by atoms with Crippen molar-refractivity contribution in [3.63, 3.8) is 0 Å². The first-order chi connectivity index (χ1) is 8.21. The standard InChI is InChI=1S/C9H13F3N4S2/c1-5(2)16(4-3-6(13)17)8-14-7(15-18-8)9(10,11)12/h5H,3-4H2,1-2H3,(H2,13,17). The van der Waals surface area contributed by atoms with Crippen LogP contribution in [0.15, 0.2) is 0 Å². The molecule has 0 saturated carbocycles. The van der Waals surface area contributed by atoms with E-state index in [4.69, 9.17) is 18.0 Å². The molecule has 0 spiro atoms. The fourth-order valence-corrected chi connectivity index (χ4v) is 2.19. The Hall–Kier alpha value is -0.960. The topological polar surface area (TPSA) is 55.0 Å². The molecule has 0 bridgehead atoms. The minimum absolute atomic E-state index is 0.00613. The van der Waals surface area contributed by atoms with Crippen molar-refractivity contribution in [2.24, 2.45) is 5.73 Å². The molecule has 0 fully saturated rings. The summed E-state index contributed by atoms with van der Waals surface area (Å²) in [4.78, 5) is 5.53. The van der Waals surface area contributed by atoms with Crippen molar-refractivity contribution < 1.29 is 13.2 Å². The average molecular weight is 298 g/mol. The monoisotopic (exact) mass is 298 g/mol. The fourth-order valence-electron chi connectivity index (χ4n) is 1.25. The van der Waals surface area contributed by atoms with Crippen LogP contribution in [0.5, 0.6) is 0 Å². The summed E-state index contributed by atoms with van der Waals surface area (Å²) in [6.07, 6.45) is -4.09. The van der Waals surface area contributed by atoms with Crippen LogP contribution in [0, 0.1) is 0 Å². The predicted molar refractivity (Wildman–Crippen MR) is 68.8 cm³/mol. The van der Waals surface area contributed by atoms with Crippen LogP contribution in [0.1, 0.15) is 26.1 Å². The average Bonchev–Trinajstić information content (AvgIpc) is 2.65. The second kappa shape index (κ2) is 5.79. The Labute approximate surface area is 112 Å². The SMILES string of the molecule is CC(C)N(CCC(N)=S)c1nc(C(F)(F)F)ns1. The lowest BCUT2D eigenvalue weighted by atomic mass is 10.3. The van der Waals surface area contributed by atoms with Crippen molar-refractivity contribution in [3.05, 3.63) is 5.82 Å². The quantitative estimate of drug-likeness (QED) is 0.846. The smallest absolute Gasteiger partial charge is 0.393 e. The maximum atomic E-state index is 12.4. The Balaban J connectivity index is 2.86. The van der Waals surface area contributed by atoms with Crippen LogP contribution in [0.3, 0.4) is 0 Å². The van der Waals surface area contributed by atoms with Crippen LogP contribution in [0.4, 0.5) is 18.3 Å². The maximum absolute atomic E-state index is 12.4. The molecular weight excluding hydrogens is 285 g/mol. The molecule has 1 aromatic rings. The van der Waals surface area contributed by atoms with E-state index in [1.54, 1.807) is 4.90 Å². The molecular formula is C9H13F3N4S2. The first-order valence-electron chi connectivity index (χ1n) is 5.17. The lowest BCUT2D eigenvalue weighted by Gasteiger charge is -2.25. The minimum Gasteiger partial charge on any atom is -0.393 e. The van der Waals surface area contributed by atoms with Crippen molar-refractivity contribution >= 4 is 33.9 Å². The van der Waals surface area contributed by atoms with E-state index in [-0.39, 0.29) is 11.2 Å². The van der Waals surface area contributed by atoms with Gasteiger partial charge < -0.3 is 10.6 Å². The highest BCUT2D eigenvalue weighted by molar-refractivity contribution is 7.80. The lowest BCUT2D eigenvalue weighted by molar-refractivity contribution is -0.144. The summed E-state index contributed by atoms with van der Waals surface area (Å²) in [5.41, 5.74) is 5.39. The molecule has 0 atom stereocenters. The van der Waals surface area contributed by atoms with Gasteiger partial charge in [0.2, 0.25) is 11.0 Å². The number of halogens is 3. The van der Waals surface area contributed by atoms with E-state index < -0.39 is 12.0 Å². The van der Waals surface area contributed by atoms with Gasteiger partial charge in [0.15, 0.2) is 0 Å². The van der Waals surface area contributed by atoms with Gasteiger partial charge in [-0.15, -0.1) is 0 Å².